The van der Waals surface area contributed by atoms with Crippen LogP contribution in [0.4, 0.5) is 5.69 Å². The van der Waals surface area contributed by atoms with E-state index in [-0.39, 0.29) is 5.91 Å². The largest absolute Gasteiger partial charge is 0.497 e. The number of hydrogen-bond donors (Lipinski definition) is 2. The monoisotopic (exact) mass is 582 g/mol. The zero-order valence-corrected chi connectivity index (χ0v) is 25.4. The summed E-state index contributed by atoms with van der Waals surface area (Å²) < 4.78 is 5.34. The fourth-order valence-corrected chi connectivity index (χ4v) is 5.35. The zero-order chi connectivity index (χ0) is 30.1. The zero-order valence-electron chi connectivity index (χ0n) is 24.6. The molecule has 2 N–H and O–H groups in total. The number of methoxy groups -OCH3 is 1. The van der Waals surface area contributed by atoms with Gasteiger partial charge in [0.15, 0.2) is 0 Å². The van der Waals surface area contributed by atoms with Gasteiger partial charge in [0.1, 0.15) is 11.8 Å². The summed E-state index contributed by atoms with van der Waals surface area (Å²) in [6, 6.07) is 29.4. The lowest BCUT2D eigenvalue weighted by Gasteiger charge is -2.26. The predicted octanol–water partition coefficient (Wildman–Crippen LogP) is 7.12. The number of carbonyl (C=O) groups is 2. The molecule has 1 atom stereocenters. The number of aliphatic carboxylic acids is 1. The average molecular weight is 583 g/mol. The Hall–Kier alpha value is -4.23. The minimum Gasteiger partial charge on any atom is -0.497 e. The van der Waals surface area contributed by atoms with Crippen molar-refractivity contribution in [3.05, 3.63) is 119 Å². The van der Waals surface area contributed by atoms with Crippen molar-refractivity contribution in [3.63, 3.8) is 0 Å². The predicted molar refractivity (Wildman–Crippen MR) is 173 cm³/mol. The highest BCUT2D eigenvalue weighted by Crippen LogP contribution is 2.30. The maximum atomic E-state index is 13.5. The second kappa shape index (κ2) is 14.6. The van der Waals surface area contributed by atoms with Crippen LogP contribution in [0.1, 0.15) is 39.0 Å². The molecule has 0 spiro atoms. The average Bonchev–Trinajstić information content (AvgIpc) is 2.99. The van der Waals surface area contributed by atoms with Gasteiger partial charge in [0.05, 0.1) is 7.11 Å². The van der Waals surface area contributed by atoms with Crippen LogP contribution in [0.2, 0.25) is 0 Å². The Kier molecular flexibility index (Phi) is 10.7. The van der Waals surface area contributed by atoms with Gasteiger partial charge in [-0.05, 0) is 96.5 Å². The third kappa shape index (κ3) is 7.95. The molecule has 0 saturated heterocycles. The minimum atomic E-state index is -1.03. The third-order valence-electron chi connectivity index (χ3n) is 7.28. The SMILES string of the molecule is COc1ccc(CN(Cc2ccc(C(=O)N[C@@H](CCSC)C(=O)O)c(-c3ccccc3C)c2)c2ccc(C)cc2)cc1. The first-order valence-corrected chi connectivity index (χ1v) is 15.3. The van der Waals surface area contributed by atoms with Crippen LogP contribution in [-0.2, 0) is 17.9 Å². The van der Waals surface area contributed by atoms with Gasteiger partial charge in [-0.2, -0.15) is 11.8 Å². The van der Waals surface area contributed by atoms with Gasteiger partial charge in [0, 0.05) is 24.3 Å². The van der Waals surface area contributed by atoms with Crippen LogP contribution in [0.3, 0.4) is 0 Å². The molecule has 42 heavy (non-hydrogen) atoms. The number of nitrogens with zero attached hydrogens (tertiary/aromatic N) is 1. The lowest BCUT2D eigenvalue weighted by atomic mass is 9.93. The second-order valence-electron chi connectivity index (χ2n) is 10.4. The lowest BCUT2D eigenvalue weighted by molar-refractivity contribution is -0.139. The summed E-state index contributed by atoms with van der Waals surface area (Å²) in [5, 5.41) is 12.5. The molecular formula is C35H38N2O4S. The van der Waals surface area contributed by atoms with E-state index in [1.165, 1.54) is 5.56 Å². The van der Waals surface area contributed by atoms with Crippen LogP contribution in [-0.4, -0.2) is 42.1 Å². The van der Waals surface area contributed by atoms with E-state index in [1.807, 2.05) is 61.7 Å². The van der Waals surface area contributed by atoms with Crippen molar-refractivity contribution >= 4 is 29.3 Å². The maximum Gasteiger partial charge on any atom is 0.326 e. The first-order valence-electron chi connectivity index (χ1n) is 13.9. The molecule has 0 aliphatic rings. The second-order valence-corrected chi connectivity index (χ2v) is 11.4. The molecule has 0 radical (unpaired) electrons. The van der Waals surface area contributed by atoms with Gasteiger partial charge in [0.25, 0.3) is 5.91 Å². The number of hydrogen-bond acceptors (Lipinski definition) is 5. The van der Waals surface area contributed by atoms with Gasteiger partial charge in [0.2, 0.25) is 0 Å². The summed E-state index contributed by atoms with van der Waals surface area (Å²) in [6.07, 6.45) is 2.28. The first kappa shape index (κ1) is 30.7. The number of aryl methyl sites for hydroxylation is 2. The minimum absolute atomic E-state index is 0.358. The van der Waals surface area contributed by atoms with Crippen LogP contribution in [0, 0.1) is 13.8 Å². The number of rotatable bonds is 13. The Balaban J connectivity index is 1.71. The summed E-state index contributed by atoms with van der Waals surface area (Å²) in [5.74, 6) is 0.0424. The molecule has 4 aromatic rings. The van der Waals surface area contributed by atoms with Crippen LogP contribution in [0.5, 0.6) is 5.75 Å². The molecule has 218 valence electrons. The molecule has 0 aromatic heterocycles. The van der Waals surface area contributed by atoms with E-state index in [2.05, 4.69) is 59.6 Å². The van der Waals surface area contributed by atoms with Crippen molar-refractivity contribution in [2.24, 2.45) is 0 Å². The van der Waals surface area contributed by atoms with E-state index in [1.54, 1.807) is 18.9 Å². The summed E-state index contributed by atoms with van der Waals surface area (Å²) in [7, 11) is 1.66. The Labute approximate surface area is 252 Å². The van der Waals surface area contributed by atoms with Crippen molar-refractivity contribution < 1.29 is 19.4 Å². The maximum absolute atomic E-state index is 13.5. The number of carboxylic acid groups (broad SMARTS) is 1. The van der Waals surface area contributed by atoms with Gasteiger partial charge in [-0.3, -0.25) is 4.79 Å². The Morgan fingerprint density at radius 2 is 1.55 bits per heavy atom. The van der Waals surface area contributed by atoms with Crippen LogP contribution in [0.25, 0.3) is 11.1 Å². The van der Waals surface area contributed by atoms with E-state index < -0.39 is 12.0 Å². The highest BCUT2D eigenvalue weighted by molar-refractivity contribution is 7.98. The number of carbonyl (C=O) groups excluding carboxylic acids is 1. The van der Waals surface area contributed by atoms with Crippen molar-refractivity contribution in [2.45, 2.75) is 39.4 Å². The molecule has 0 fully saturated rings. The van der Waals surface area contributed by atoms with E-state index in [9.17, 15) is 14.7 Å². The standard InChI is InChI=1S/C35H38N2O4S/c1-24-9-14-28(15-10-24)37(22-26-11-16-29(41-3)17-12-26)23-27-13-18-31(32(21-27)30-8-6-5-7-25(30)2)34(38)36-33(35(39)40)19-20-42-4/h5-18,21,33H,19-20,22-23H2,1-4H3,(H,36,38)(H,39,40)/t33-/m0/s1. The van der Waals surface area contributed by atoms with Crippen LogP contribution < -0.4 is 15.0 Å². The number of thioether (sulfide) groups is 1. The van der Waals surface area contributed by atoms with E-state index in [0.717, 1.165) is 39.3 Å². The van der Waals surface area contributed by atoms with E-state index in [4.69, 9.17) is 4.74 Å². The lowest BCUT2D eigenvalue weighted by Crippen LogP contribution is -2.41. The topological polar surface area (TPSA) is 78.9 Å². The van der Waals surface area contributed by atoms with Gasteiger partial charge in [-0.15, -0.1) is 0 Å². The molecule has 0 heterocycles. The van der Waals surface area contributed by atoms with Gasteiger partial charge < -0.3 is 20.1 Å². The van der Waals surface area contributed by atoms with Crippen LogP contribution in [0.15, 0.2) is 91.0 Å². The number of carboxylic acids is 1. The van der Waals surface area contributed by atoms with Crippen molar-refractivity contribution in [1.29, 1.82) is 0 Å². The highest BCUT2D eigenvalue weighted by atomic mass is 32.2. The fraction of sp³-hybridized carbons (Fsp3) is 0.257. The summed E-state index contributed by atoms with van der Waals surface area (Å²) in [6.45, 7) is 5.39. The molecule has 0 aliphatic carbocycles. The molecule has 4 rings (SSSR count). The summed E-state index contributed by atoms with van der Waals surface area (Å²) in [5.41, 5.74) is 7.69. The smallest absolute Gasteiger partial charge is 0.326 e. The molecule has 0 saturated carbocycles. The number of anilines is 1. The van der Waals surface area contributed by atoms with Gasteiger partial charge in [-0.1, -0.05) is 60.2 Å². The van der Waals surface area contributed by atoms with Crippen molar-refractivity contribution in [1.82, 2.24) is 5.32 Å². The number of amides is 1. The van der Waals surface area contributed by atoms with Crippen LogP contribution >= 0.6 is 11.8 Å². The molecular weight excluding hydrogens is 544 g/mol. The molecule has 7 heteroatoms. The summed E-state index contributed by atoms with van der Waals surface area (Å²) in [4.78, 5) is 27.7. The van der Waals surface area contributed by atoms with Crippen molar-refractivity contribution in [2.75, 3.05) is 24.0 Å². The quantitative estimate of drug-likeness (QED) is 0.175. The number of benzene rings is 4. The molecule has 0 unspecified atom stereocenters. The molecule has 4 aromatic carbocycles. The molecule has 1 amide bonds. The highest BCUT2D eigenvalue weighted by Gasteiger charge is 2.23. The normalized spacial score (nSPS) is 11.5. The molecule has 0 bridgehead atoms. The van der Waals surface area contributed by atoms with Gasteiger partial charge in [-0.25, -0.2) is 4.79 Å². The van der Waals surface area contributed by atoms with Gasteiger partial charge >= 0.3 is 5.97 Å². The first-order chi connectivity index (χ1) is 20.3. The summed E-state index contributed by atoms with van der Waals surface area (Å²) >= 11 is 1.56. The molecule has 6 nitrogen and oxygen atoms in total. The molecule has 0 aliphatic heterocycles. The third-order valence-corrected chi connectivity index (χ3v) is 7.93. The Morgan fingerprint density at radius 1 is 0.881 bits per heavy atom. The van der Waals surface area contributed by atoms with E-state index in [0.29, 0.717) is 30.8 Å². The Bertz CT molecular complexity index is 1500. The Morgan fingerprint density at radius 3 is 2.19 bits per heavy atom. The fourth-order valence-electron chi connectivity index (χ4n) is 4.88. The van der Waals surface area contributed by atoms with Crippen molar-refractivity contribution in [3.8, 4) is 16.9 Å². The number of nitrogens with one attached hydrogen (secondary N) is 1. The van der Waals surface area contributed by atoms with E-state index >= 15 is 0 Å². The number of ether oxygens (including phenoxy) is 1.